The average molecular weight is 317 g/mol. The van der Waals surface area contributed by atoms with Crippen molar-refractivity contribution < 1.29 is 19.4 Å². The lowest BCUT2D eigenvalue weighted by atomic mass is 10.1. The molecule has 1 atom stereocenters. The van der Waals surface area contributed by atoms with Crippen LogP contribution in [0.1, 0.15) is 27.8 Å². The minimum absolute atomic E-state index is 0.0118. The van der Waals surface area contributed by atoms with E-state index in [1.165, 1.54) is 26.6 Å². The summed E-state index contributed by atoms with van der Waals surface area (Å²) in [6.45, 7) is 1.80. The van der Waals surface area contributed by atoms with Gasteiger partial charge in [-0.3, -0.25) is 9.78 Å². The highest BCUT2D eigenvalue weighted by Gasteiger charge is 2.16. The first-order valence-corrected chi connectivity index (χ1v) is 7.02. The zero-order chi connectivity index (χ0) is 16.8. The zero-order valence-electron chi connectivity index (χ0n) is 13.2. The zero-order valence-corrected chi connectivity index (χ0v) is 13.2. The number of carbonyl (C=O) groups excluding carboxylic acids is 1. The molecular weight excluding hydrogens is 298 g/mol. The molecule has 1 heterocycles. The van der Waals surface area contributed by atoms with Crippen LogP contribution in [0.3, 0.4) is 0 Å². The van der Waals surface area contributed by atoms with E-state index < -0.39 is 12.0 Å². The van der Waals surface area contributed by atoms with Crippen LogP contribution in [0, 0.1) is 6.92 Å². The summed E-state index contributed by atoms with van der Waals surface area (Å²) in [5, 5.41) is 12.9. The molecule has 0 spiro atoms. The van der Waals surface area contributed by atoms with E-state index in [1.54, 1.807) is 25.1 Å². The van der Waals surface area contributed by atoms with Gasteiger partial charge in [-0.2, -0.15) is 0 Å². The van der Waals surface area contributed by atoms with E-state index in [1.807, 2.05) is 0 Å². The Morgan fingerprint density at radius 2 is 2.04 bits per heavy atom. The number of aromatic nitrogens is 2. The van der Waals surface area contributed by atoms with E-state index in [0.29, 0.717) is 17.1 Å². The van der Waals surface area contributed by atoms with Crippen molar-refractivity contribution in [2.24, 2.45) is 0 Å². The summed E-state index contributed by atoms with van der Waals surface area (Å²) in [6, 6.07) is 5.10. The van der Waals surface area contributed by atoms with E-state index in [0.717, 1.165) is 5.69 Å². The highest BCUT2D eigenvalue weighted by molar-refractivity contribution is 5.91. The van der Waals surface area contributed by atoms with E-state index in [9.17, 15) is 9.90 Å². The van der Waals surface area contributed by atoms with Crippen molar-refractivity contribution in [1.29, 1.82) is 0 Å². The summed E-state index contributed by atoms with van der Waals surface area (Å²) in [6.07, 6.45) is 1.96. The second kappa shape index (κ2) is 7.55. The fourth-order valence-electron chi connectivity index (χ4n) is 2.00. The highest BCUT2D eigenvalue weighted by atomic mass is 16.5. The third-order valence-corrected chi connectivity index (χ3v) is 3.27. The quantitative estimate of drug-likeness (QED) is 0.833. The smallest absolute Gasteiger partial charge is 0.271 e. The summed E-state index contributed by atoms with van der Waals surface area (Å²) in [4.78, 5) is 20.0. The average Bonchev–Trinajstić information content (AvgIpc) is 2.59. The Bertz CT molecular complexity index is 674. The monoisotopic (exact) mass is 317 g/mol. The molecule has 1 aromatic heterocycles. The van der Waals surface area contributed by atoms with Crippen LogP contribution >= 0.6 is 0 Å². The molecule has 1 unspecified atom stereocenters. The number of aryl methyl sites for hydroxylation is 1. The molecule has 0 aliphatic carbocycles. The van der Waals surface area contributed by atoms with Gasteiger partial charge < -0.3 is 19.9 Å². The van der Waals surface area contributed by atoms with Crippen LogP contribution in [0.4, 0.5) is 0 Å². The second-order valence-electron chi connectivity index (χ2n) is 4.88. The molecule has 1 amide bonds. The number of hydrogen-bond acceptors (Lipinski definition) is 6. The summed E-state index contributed by atoms with van der Waals surface area (Å²) in [7, 11) is 3.05. The number of methoxy groups -OCH3 is 2. The number of carbonyl (C=O) groups is 1. The van der Waals surface area contributed by atoms with Gasteiger partial charge in [0.2, 0.25) is 0 Å². The molecule has 1 aromatic carbocycles. The van der Waals surface area contributed by atoms with Crippen LogP contribution in [0.15, 0.2) is 30.6 Å². The minimum atomic E-state index is -0.942. The first kappa shape index (κ1) is 16.7. The van der Waals surface area contributed by atoms with Crippen molar-refractivity contribution in [3.05, 3.63) is 47.5 Å². The van der Waals surface area contributed by atoms with Crippen LogP contribution in [0.5, 0.6) is 11.5 Å². The molecule has 0 saturated carbocycles. The van der Waals surface area contributed by atoms with Crippen LogP contribution < -0.4 is 14.8 Å². The maximum absolute atomic E-state index is 12.0. The Morgan fingerprint density at radius 1 is 1.26 bits per heavy atom. The molecule has 7 nitrogen and oxygen atoms in total. The van der Waals surface area contributed by atoms with Gasteiger partial charge in [0.1, 0.15) is 23.3 Å². The SMILES string of the molecule is COc1ccc(OC)c(C(O)CNC(=O)c2cnc(C)cn2)c1. The number of nitrogens with one attached hydrogen (secondary N) is 1. The van der Waals surface area contributed by atoms with Crippen LogP contribution in [-0.2, 0) is 0 Å². The Labute approximate surface area is 134 Å². The van der Waals surface area contributed by atoms with Crippen molar-refractivity contribution in [1.82, 2.24) is 15.3 Å². The number of aliphatic hydroxyl groups is 1. The van der Waals surface area contributed by atoms with E-state index in [4.69, 9.17) is 9.47 Å². The van der Waals surface area contributed by atoms with Crippen molar-refractivity contribution >= 4 is 5.91 Å². The predicted octanol–water partition coefficient (Wildman–Crippen LogP) is 1.27. The first-order chi connectivity index (χ1) is 11.0. The summed E-state index contributed by atoms with van der Waals surface area (Å²) < 4.78 is 10.4. The van der Waals surface area contributed by atoms with Crippen molar-refractivity contribution in [2.45, 2.75) is 13.0 Å². The van der Waals surface area contributed by atoms with Crippen molar-refractivity contribution in [2.75, 3.05) is 20.8 Å². The number of rotatable bonds is 6. The minimum Gasteiger partial charge on any atom is -0.497 e. The Hall–Kier alpha value is -2.67. The van der Waals surface area contributed by atoms with E-state index in [2.05, 4.69) is 15.3 Å². The fraction of sp³-hybridized carbons (Fsp3) is 0.312. The van der Waals surface area contributed by atoms with Gasteiger partial charge in [-0.05, 0) is 25.1 Å². The lowest BCUT2D eigenvalue weighted by Gasteiger charge is -2.16. The lowest BCUT2D eigenvalue weighted by Crippen LogP contribution is -2.29. The molecular formula is C16H19N3O4. The van der Waals surface area contributed by atoms with Crippen molar-refractivity contribution in [3.8, 4) is 11.5 Å². The third-order valence-electron chi connectivity index (χ3n) is 3.27. The van der Waals surface area contributed by atoms with Gasteiger partial charge in [0.25, 0.3) is 5.91 Å². The van der Waals surface area contributed by atoms with Gasteiger partial charge in [0.05, 0.1) is 26.1 Å². The third kappa shape index (κ3) is 4.17. The Morgan fingerprint density at radius 3 is 2.65 bits per heavy atom. The standard InChI is InChI=1S/C16H19N3O4/c1-10-7-18-13(8-17-10)16(21)19-9-14(20)12-6-11(22-2)4-5-15(12)23-3/h4-8,14,20H,9H2,1-3H3,(H,19,21). The molecule has 122 valence electrons. The second-order valence-corrected chi connectivity index (χ2v) is 4.88. The topological polar surface area (TPSA) is 93.6 Å². The summed E-state index contributed by atoms with van der Waals surface area (Å²) in [5.74, 6) is 0.705. The van der Waals surface area contributed by atoms with Gasteiger partial charge in [-0.15, -0.1) is 0 Å². The van der Waals surface area contributed by atoms with Gasteiger partial charge >= 0.3 is 0 Å². The molecule has 0 fully saturated rings. The molecule has 0 aliphatic heterocycles. The normalized spacial score (nSPS) is 11.7. The Balaban J connectivity index is 2.05. The highest BCUT2D eigenvalue weighted by Crippen LogP contribution is 2.29. The van der Waals surface area contributed by atoms with Crippen LogP contribution in [0.2, 0.25) is 0 Å². The Kier molecular flexibility index (Phi) is 5.48. The number of nitrogens with zero attached hydrogens (tertiary/aromatic N) is 2. The van der Waals surface area contributed by atoms with Crippen molar-refractivity contribution in [3.63, 3.8) is 0 Å². The maximum atomic E-state index is 12.0. The molecule has 0 aliphatic rings. The predicted molar refractivity (Wildman–Crippen MR) is 83.6 cm³/mol. The largest absolute Gasteiger partial charge is 0.497 e. The molecule has 2 aromatic rings. The summed E-state index contributed by atoms with van der Waals surface area (Å²) in [5.41, 5.74) is 1.45. The van der Waals surface area contributed by atoms with Gasteiger partial charge in [0.15, 0.2) is 0 Å². The van der Waals surface area contributed by atoms with Gasteiger partial charge in [-0.1, -0.05) is 0 Å². The number of hydrogen-bond donors (Lipinski definition) is 2. The first-order valence-electron chi connectivity index (χ1n) is 7.02. The molecule has 23 heavy (non-hydrogen) atoms. The van der Waals surface area contributed by atoms with E-state index in [-0.39, 0.29) is 12.2 Å². The summed E-state index contributed by atoms with van der Waals surface area (Å²) >= 11 is 0. The number of aliphatic hydroxyl groups excluding tert-OH is 1. The molecule has 2 N–H and O–H groups in total. The number of benzene rings is 1. The number of amides is 1. The fourth-order valence-corrected chi connectivity index (χ4v) is 2.00. The van der Waals surface area contributed by atoms with Gasteiger partial charge in [0, 0.05) is 18.3 Å². The molecule has 0 saturated heterocycles. The van der Waals surface area contributed by atoms with E-state index >= 15 is 0 Å². The molecule has 0 radical (unpaired) electrons. The molecule has 0 bridgehead atoms. The lowest BCUT2D eigenvalue weighted by molar-refractivity contribution is 0.0909. The van der Waals surface area contributed by atoms with Crippen LogP contribution in [-0.4, -0.2) is 41.7 Å². The maximum Gasteiger partial charge on any atom is 0.271 e. The van der Waals surface area contributed by atoms with Crippen LogP contribution in [0.25, 0.3) is 0 Å². The number of ether oxygens (including phenoxy) is 2. The molecule has 2 rings (SSSR count). The van der Waals surface area contributed by atoms with Gasteiger partial charge in [-0.25, -0.2) is 4.98 Å². The molecule has 7 heteroatoms.